The van der Waals surface area contributed by atoms with Gasteiger partial charge in [-0.15, -0.1) is 0 Å². The van der Waals surface area contributed by atoms with Gasteiger partial charge in [0, 0.05) is 12.3 Å². The Hall–Kier alpha value is -2.45. The largest absolute Gasteiger partial charge is 0.428 e. The third kappa shape index (κ3) is 3.49. The fraction of sp³-hybridized carbons (Fsp3) is 0. The lowest BCUT2D eigenvalue weighted by Crippen LogP contribution is -2.36. The Bertz CT molecular complexity index is 804. The second-order valence-corrected chi connectivity index (χ2v) is 7.56. The van der Waals surface area contributed by atoms with Crippen LogP contribution in [0.15, 0.2) is 41.3 Å². The van der Waals surface area contributed by atoms with E-state index < -0.39 is 18.2 Å². The summed E-state index contributed by atoms with van der Waals surface area (Å²) in [7, 11) is 0. The zero-order valence-corrected chi connectivity index (χ0v) is 13.2. The van der Waals surface area contributed by atoms with E-state index in [1.165, 1.54) is 6.07 Å². The van der Waals surface area contributed by atoms with Crippen LogP contribution in [-0.4, -0.2) is 10.9 Å². The highest BCUT2D eigenvalue weighted by atomic mass is 32.4. The minimum Gasteiger partial charge on any atom is -0.428 e. The van der Waals surface area contributed by atoms with Gasteiger partial charge in [-0.2, -0.15) is 4.76 Å². The Morgan fingerprint density at radius 1 is 1.39 bits per heavy atom. The van der Waals surface area contributed by atoms with E-state index in [1.807, 2.05) is 0 Å². The van der Waals surface area contributed by atoms with Crippen molar-refractivity contribution in [3.05, 3.63) is 48.2 Å². The van der Waals surface area contributed by atoms with Crippen LogP contribution in [-0.2, 0) is 11.8 Å². The van der Waals surface area contributed by atoms with E-state index in [1.54, 1.807) is 18.3 Å². The average molecular weight is 356 g/mol. The molecule has 11 heteroatoms. The number of nitrogens with one attached hydrogen (secondary N) is 3. The quantitative estimate of drug-likeness (QED) is 0.290. The summed E-state index contributed by atoms with van der Waals surface area (Å²) in [4.78, 5) is 4.07. The van der Waals surface area contributed by atoms with Crippen molar-refractivity contribution in [2.45, 2.75) is 0 Å². The second kappa shape index (κ2) is 5.98. The molecule has 120 valence electrons. The third-order valence-corrected chi connectivity index (χ3v) is 4.90. The highest BCUT2D eigenvalue weighted by molar-refractivity contribution is 8.12. The second-order valence-electron chi connectivity index (χ2n) is 4.43. The maximum absolute atomic E-state index is 13.5. The molecule has 2 aromatic rings. The number of aromatic nitrogens is 1. The van der Waals surface area contributed by atoms with Crippen LogP contribution in [0.4, 0.5) is 20.3 Å². The van der Waals surface area contributed by atoms with Crippen molar-refractivity contribution in [2.75, 3.05) is 10.5 Å². The van der Waals surface area contributed by atoms with Crippen LogP contribution < -0.4 is 26.2 Å². The molecule has 1 aromatic heterocycles. The third-order valence-electron chi connectivity index (χ3n) is 2.74. The Morgan fingerprint density at radius 2 is 2.22 bits per heavy atom. The van der Waals surface area contributed by atoms with Crippen molar-refractivity contribution in [2.24, 2.45) is 10.5 Å². The first-order chi connectivity index (χ1) is 11.0. The highest BCUT2D eigenvalue weighted by Crippen LogP contribution is 2.56. The number of hydrogen-bond donors (Lipinski definition) is 4. The fourth-order valence-electron chi connectivity index (χ4n) is 1.77. The number of benzene rings is 1. The molecule has 0 spiro atoms. The molecular weight excluding hydrogens is 345 g/mol. The fourth-order valence-corrected chi connectivity index (χ4v) is 3.86. The number of anilines is 2. The summed E-state index contributed by atoms with van der Waals surface area (Å²) in [5.74, 6) is -0.591. The van der Waals surface area contributed by atoms with Crippen molar-refractivity contribution < 1.29 is 13.3 Å². The Kier molecular flexibility index (Phi) is 4.01. The van der Waals surface area contributed by atoms with Crippen LogP contribution in [0.2, 0.25) is 0 Å². The molecule has 0 bridgehead atoms. The molecule has 3 rings (SSSR count). The van der Waals surface area contributed by atoms with Crippen molar-refractivity contribution in [3.8, 4) is 5.75 Å². The summed E-state index contributed by atoms with van der Waals surface area (Å²) in [5.41, 5.74) is 10.7. The van der Waals surface area contributed by atoms with Gasteiger partial charge in [-0.3, -0.25) is 15.9 Å². The van der Waals surface area contributed by atoms with Crippen LogP contribution in [0.1, 0.15) is 0 Å². The Labute approximate surface area is 135 Å². The molecule has 23 heavy (non-hydrogen) atoms. The van der Waals surface area contributed by atoms with E-state index >= 15 is 0 Å². The van der Waals surface area contributed by atoms with Crippen molar-refractivity contribution in [1.29, 1.82) is 0 Å². The van der Waals surface area contributed by atoms with E-state index in [0.717, 1.165) is 12.1 Å². The molecule has 1 aliphatic heterocycles. The summed E-state index contributed by atoms with van der Waals surface area (Å²) < 4.78 is 35.9. The molecule has 1 unspecified atom stereocenters. The lowest BCUT2D eigenvalue weighted by atomic mass is 10.3. The molecule has 0 fully saturated rings. The van der Waals surface area contributed by atoms with Crippen LogP contribution >= 0.6 is 6.57 Å². The van der Waals surface area contributed by atoms with Crippen molar-refractivity contribution in [3.63, 3.8) is 0 Å². The summed E-state index contributed by atoms with van der Waals surface area (Å²) in [6.45, 7) is -2.82. The molecule has 5 N–H and O–H groups in total. The van der Waals surface area contributed by atoms with Gasteiger partial charge in [0.2, 0.25) is 5.96 Å². The average Bonchev–Trinajstić information content (AvgIpc) is 2.81. The van der Waals surface area contributed by atoms with E-state index in [0.29, 0.717) is 11.6 Å². The van der Waals surface area contributed by atoms with E-state index in [2.05, 4.69) is 25.7 Å². The van der Waals surface area contributed by atoms with Gasteiger partial charge in [0.05, 0.1) is 5.69 Å². The maximum Gasteiger partial charge on any atom is 0.325 e. The standard InChI is InChI=1S/C12H11F2N6OPS/c13-7-3-4-9(8(14)6-7)17-18-12(15)20-22(23)19-11-10(21-22)2-1-5-16-11/h1-6,17H,(H4,15,16,18,19,20,23). The molecule has 0 aliphatic carbocycles. The van der Waals surface area contributed by atoms with Gasteiger partial charge >= 0.3 is 6.57 Å². The van der Waals surface area contributed by atoms with Gasteiger partial charge in [0.25, 0.3) is 0 Å². The van der Waals surface area contributed by atoms with Gasteiger partial charge in [0.1, 0.15) is 5.82 Å². The van der Waals surface area contributed by atoms with Crippen molar-refractivity contribution >= 4 is 35.8 Å². The first-order valence-electron chi connectivity index (χ1n) is 6.31. The summed E-state index contributed by atoms with van der Waals surface area (Å²) in [6.07, 6.45) is 1.59. The van der Waals surface area contributed by atoms with Gasteiger partial charge in [-0.25, -0.2) is 13.8 Å². The molecule has 1 atom stereocenters. The zero-order valence-electron chi connectivity index (χ0n) is 11.5. The number of fused-ring (bicyclic) bond motifs is 1. The molecule has 1 aliphatic rings. The number of halogens is 2. The molecular formula is C12H11F2N6OPS. The predicted molar refractivity (Wildman–Crippen MR) is 87.5 cm³/mol. The highest BCUT2D eigenvalue weighted by Gasteiger charge is 2.29. The number of rotatable bonds is 3. The summed E-state index contributed by atoms with van der Waals surface area (Å²) in [6, 6.07) is 6.47. The van der Waals surface area contributed by atoms with Gasteiger partial charge in [-0.05, 0) is 36.1 Å². The summed E-state index contributed by atoms with van der Waals surface area (Å²) in [5, 5.41) is 2.89. The van der Waals surface area contributed by atoms with Crippen LogP contribution in [0.5, 0.6) is 5.75 Å². The van der Waals surface area contributed by atoms with Crippen molar-refractivity contribution in [1.82, 2.24) is 10.4 Å². The minimum absolute atomic E-state index is 0.00607. The Morgan fingerprint density at radius 3 is 2.96 bits per heavy atom. The van der Waals surface area contributed by atoms with Gasteiger partial charge < -0.3 is 10.3 Å². The lowest BCUT2D eigenvalue weighted by molar-refractivity contribution is 0.584. The van der Waals surface area contributed by atoms with Gasteiger partial charge in [-0.1, -0.05) is 0 Å². The SMILES string of the molecule is N/C(=N\P1(=S)Nc2ncccc2O1)NNc1ccc(F)cc1F. The lowest BCUT2D eigenvalue weighted by Gasteiger charge is -2.13. The molecule has 2 heterocycles. The smallest absolute Gasteiger partial charge is 0.325 e. The van der Waals surface area contributed by atoms with Crippen LogP contribution in [0.3, 0.4) is 0 Å². The molecule has 1 aromatic carbocycles. The monoisotopic (exact) mass is 356 g/mol. The van der Waals surface area contributed by atoms with Crippen LogP contribution in [0.25, 0.3) is 0 Å². The van der Waals surface area contributed by atoms with Gasteiger partial charge in [0.15, 0.2) is 17.4 Å². The maximum atomic E-state index is 13.5. The molecule has 7 nitrogen and oxygen atoms in total. The van der Waals surface area contributed by atoms with E-state index in [-0.39, 0.29) is 11.6 Å². The first kappa shape index (κ1) is 15.4. The van der Waals surface area contributed by atoms with E-state index in [4.69, 9.17) is 22.1 Å². The molecule has 0 saturated heterocycles. The zero-order chi connectivity index (χ0) is 16.4. The summed E-state index contributed by atoms with van der Waals surface area (Å²) >= 11 is 5.30. The number of nitrogens with two attached hydrogens (primary N) is 1. The number of pyridine rings is 1. The normalized spacial score (nSPS) is 19.5. The molecule has 0 saturated carbocycles. The van der Waals surface area contributed by atoms with Crippen LogP contribution in [0, 0.1) is 11.6 Å². The first-order valence-corrected chi connectivity index (χ1v) is 8.98. The Balaban J connectivity index is 1.68. The molecule has 0 amide bonds. The number of hydrogen-bond acceptors (Lipinski definition) is 4. The predicted octanol–water partition coefficient (Wildman–Crippen LogP) is 2.32. The number of guanidine groups is 1. The topological polar surface area (TPSA) is 96.6 Å². The van der Waals surface area contributed by atoms with E-state index in [9.17, 15) is 8.78 Å². The number of nitrogens with zero attached hydrogens (tertiary/aromatic N) is 2. The molecule has 0 radical (unpaired) electrons. The minimum atomic E-state index is -2.82. The number of hydrazine groups is 1.